The fourth-order valence-electron chi connectivity index (χ4n) is 4.37. The summed E-state index contributed by atoms with van der Waals surface area (Å²) in [5, 5.41) is 2.77. The smallest absolute Gasteiger partial charge is 0.224 e. The second-order valence-corrected chi connectivity index (χ2v) is 11.4. The van der Waals surface area contributed by atoms with Gasteiger partial charge < -0.3 is 5.32 Å². The third-order valence-electron chi connectivity index (χ3n) is 7.01. The van der Waals surface area contributed by atoms with Crippen molar-refractivity contribution in [2.45, 2.75) is 73.3 Å². The van der Waals surface area contributed by atoms with E-state index in [1.54, 1.807) is 31.2 Å². The molecule has 2 rings (SSSR count). The average molecular weight is 520 g/mol. The summed E-state index contributed by atoms with van der Waals surface area (Å²) in [4.78, 5) is 64.7. The highest BCUT2D eigenvalue weighted by Gasteiger charge is 2.36. The van der Waals surface area contributed by atoms with Crippen LogP contribution in [-0.4, -0.2) is 35.1 Å². The molecule has 1 N–H and O–H groups in total. The lowest BCUT2D eigenvalue weighted by Crippen LogP contribution is -2.46. The van der Waals surface area contributed by atoms with Crippen LogP contribution in [0.25, 0.3) is 0 Å². The molecular formula is C32H41NO5. The summed E-state index contributed by atoms with van der Waals surface area (Å²) in [6, 6.07) is 17.4. The first-order valence-electron chi connectivity index (χ1n) is 13.3. The number of carbonyl (C=O) groups excluding carboxylic acids is 5. The molecule has 6 heteroatoms. The van der Waals surface area contributed by atoms with Crippen molar-refractivity contribution in [3.63, 3.8) is 0 Å². The SMILES string of the molecule is CC(C)[C@H](CC(=O)[C@H](C)NC(=O)[C@@H](CC(=O)c1ccccc1)C(C)(C)C)C(=O)C(=O)CCc1ccccc1. The van der Waals surface area contributed by atoms with Crippen molar-refractivity contribution in [1.82, 2.24) is 5.32 Å². The first-order chi connectivity index (χ1) is 17.8. The molecule has 1 amide bonds. The minimum Gasteiger partial charge on any atom is -0.346 e. The normalized spacial score (nSPS) is 13.9. The number of amides is 1. The fraction of sp³-hybridized carbons (Fsp3) is 0.469. The Balaban J connectivity index is 2.02. The molecule has 0 bridgehead atoms. The summed E-state index contributed by atoms with van der Waals surface area (Å²) in [6.45, 7) is 10.9. The van der Waals surface area contributed by atoms with Crippen molar-refractivity contribution in [2.24, 2.45) is 23.2 Å². The number of nitrogens with one attached hydrogen (secondary N) is 1. The van der Waals surface area contributed by atoms with Crippen molar-refractivity contribution in [3.8, 4) is 0 Å². The van der Waals surface area contributed by atoms with Gasteiger partial charge in [0.15, 0.2) is 17.3 Å². The molecule has 2 aromatic rings. The highest BCUT2D eigenvalue weighted by Crippen LogP contribution is 2.30. The Morgan fingerprint density at radius 2 is 1.34 bits per heavy atom. The van der Waals surface area contributed by atoms with E-state index in [1.807, 2.05) is 71.0 Å². The quantitative estimate of drug-likeness (QED) is 0.265. The second kappa shape index (κ2) is 13.9. The first kappa shape index (κ1) is 30.8. The molecule has 0 heterocycles. The van der Waals surface area contributed by atoms with Gasteiger partial charge in [0, 0.05) is 30.7 Å². The van der Waals surface area contributed by atoms with Crippen molar-refractivity contribution in [2.75, 3.05) is 0 Å². The number of aryl methyl sites for hydroxylation is 1. The number of ketones is 4. The van der Waals surface area contributed by atoms with Gasteiger partial charge in [-0.25, -0.2) is 0 Å². The van der Waals surface area contributed by atoms with Crippen LogP contribution < -0.4 is 5.32 Å². The summed E-state index contributed by atoms with van der Waals surface area (Å²) in [7, 11) is 0. The third kappa shape index (κ3) is 9.16. The number of Topliss-reactive ketones (excluding diaryl/α,β-unsaturated/α-hetero) is 4. The standard InChI is InChI=1S/C32H41NO5/c1-21(2)25(30(37)27(34)18-17-23-13-9-7-10-14-23)19-28(35)22(3)33-31(38)26(32(4,5)6)20-29(36)24-15-11-8-12-16-24/h7-16,21-22,25-26H,17-20H2,1-6H3,(H,33,38)/t22-,25-,26+/m0/s1. The molecule has 0 aliphatic rings. The Hall–Kier alpha value is -3.41. The van der Waals surface area contributed by atoms with E-state index in [0.29, 0.717) is 12.0 Å². The number of benzene rings is 2. The number of rotatable bonds is 14. The zero-order chi connectivity index (χ0) is 28.5. The average Bonchev–Trinajstić information content (AvgIpc) is 2.88. The van der Waals surface area contributed by atoms with Crippen LogP contribution in [0.3, 0.4) is 0 Å². The van der Waals surface area contributed by atoms with Crippen molar-refractivity contribution >= 4 is 29.0 Å². The van der Waals surface area contributed by atoms with E-state index in [0.717, 1.165) is 5.56 Å². The van der Waals surface area contributed by atoms with E-state index in [9.17, 15) is 24.0 Å². The lowest BCUT2D eigenvalue weighted by Gasteiger charge is -2.30. The molecule has 0 saturated heterocycles. The summed E-state index contributed by atoms with van der Waals surface area (Å²) >= 11 is 0. The van der Waals surface area contributed by atoms with Gasteiger partial charge in [0.2, 0.25) is 11.7 Å². The molecule has 3 atom stereocenters. The van der Waals surface area contributed by atoms with Gasteiger partial charge in [-0.1, -0.05) is 95.3 Å². The van der Waals surface area contributed by atoms with Gasteiger partial charge >= 0.3 is 0 Å². The minimum absolute atomic E-state index is 0.0171. The molecule has 0 aliphatic carbocycles. The van der Waals surface area contributed by atoms with Gasteiger partial charge in [-0.2, -0.15) is 0 Å². The van der Waals surface area contributed by atoms with Gasteiger partial charge in [0.05, 0.1) is 12.0 Å². The molecule has 6 nitrogen and oxygen atoms in total. The van der Waals surface area contributed by atoms with Crippen LogP contribution in [-0.2, 0) is 25.6 Å². The lowest BCUT2D eigenvalue weighted by molar-refractivity contribution is -0.141. The molecule has 0 spiro atoms. The number of carbonyl (C=O) groups is 5. The van der Waals surface area contributed by atoms with Crippen LogP contribution in [0, 0.1) is 23.2 Å². The Bertz CT molecular complexity index is 1120. The zero-order valence-electron chi connectivity index (χ0n) is 23.5. The number of hydrogen-bond donors (Lipinski definition) is 1. The Morgan fingerprint density at radius 1 is 0.789 bits per heavy atom. The van der Waals surface area contributed by atoms with E-state index in [-0.39, 0.29) is 42.7 Å². The van der Waals surface area contributed by atoms with Gasteiger partial charge in [-0.15, -0.1) is 0 Å². The largest absolute Gasteiger partial charge is 0.346 e. The van der Waals surface area contributed by atoms with E-state index < -0.39 is 34.9 Å². The summed E-state index contributed by atoms with van der Waals surface area (Å²) in [5.74, 6) is -3.46. The lowest BCUT2D eigenvalue weighted by atomic mass is 9.76. The maximum absolute atomic E-state index is 13.2. The molecule has 0 aromatic heterocycles. The first-order valence-corrected chi connectivity index (χ1v) is 13.3. The minimum atomic E-state index is -0.854. The van der Waals surface area contributed by atoms with Crippen molar-refractivity contribution in [3.05, 3.63) is 71.8 Å². The summed E-state index contributed by atoms with van der Waals surface area (Å²) in [5.41, 5.74) is 0.994. The molecule has 0 aliphatic heterocycles. The molecule has 0 unspecified atom stereocenters. The predicted octanol–water partition coefficient (Wildman–Crippen LogP) is 5.43. The summed E-state index contributed by atoms with van der Waals surface area (Å²) in [6.07, 6.45) is 0.448. The van der Waals surface area contributed by atoms with E-state index in [4.69, 9.17) is 0 Å². The van der Waals surface area contributed by atoms with Gasteiger partial charge in [-0.3, -0.25) is 24.0 Å². The Labute approximate surface area is 226 Å². The Kier molecular flexibility index (Phi) is 11.3. The van der Waals surface area contributed by atoms with E-state index >= 15 is 0 Å². The van der Waals surface area contributed by atoms with Crippen LogP contribution in [0.1, 0.15) is 76.7 Å². The monoisotopic (exact) mass is 519 g/mol. The molecule has 204 valence electrons. The highest BCUT2D eigenvalue weighted by molar-refractivity contribution is 6.38. The number of hydrogen-bond acceptors (Lipinski definition) is 5. The van der Waals surface area contributed by atoms with Crippen LogP contribution in [0.5, 0.6) is 0 Å². The van der Waals surface area contributed by atoms with Gasteiger partial charge in [-0.05, 0) is 30.2 Å². The van der Waals surface area contributed by atoms with Crippen molar-refractivity contribution < 1.29 is 24.0 Å². The Morgan fingerprint density at radius 3 is 1.87 bits per heavy atom. The topological polar surface area (TPSA) is 97.4 Å². The van der Waals surface area contributed by atoms with Gasteiger partial charge in [0.25, 0.3) is 0 Å². The summed E-state index contributed by atoms with van der Waals surface area (Å²) < 4.78 is 0. The van der Waals surface area contributed by atoms with Crippen LogP contribution >= 0.6 is 0 Å². The second-order valence-electron chi connectivity index (χ2n) is 11.4. The zero-order valence-corrected chi connectivity index (χ0v) is 23.5. The molecule has 0 fully saturated rings. The molecule has 2 aromatic carbocycles. The fourth-order valence-corrected chi connectivity index (χ4v) is 4.37. The van der Waals surface area contributed by atoms with Crippen LogP contribution in [0.4, 0.5) is 0 Å². The highest BCUT2D eigenvalue weighted by atomic mass is 16.2. The molecule has 0 radical (unpaired) electrons. The molecular weight excluding hydrogens is 478 g/mol. The predicted molar refractivity (Wildman–Crippen MR) is 149 cm³/mol. The third-order valence-corrected chi connectivity index (χ3v) is 7.01. The van der Waals surface area contributed by atoms with E-state index in [1.165, 1.54) is 0 Å². The van der Waals surface area contributed by atoms with Crippen LogP contribution in [0.2, 0.25) is 0 Å². The maximum atomic E-state index is 13.2. The molecule has 38 heavy (non-hydrogen) atoms. The molecule has 0 saturated carbocycles. The maximum Gasteiger partial charge on any atom is 0.224 e. The van der Waals surface area contributed by atoms with Crippen molar-refractivity contribution in [1.29, 1.82) is 0 Å². The van der Waals surface area contributed by atoms with E-state index in [2.05, 4.69) is 5.32 Å². The van der Waals surface area contributed by atoms with Crippen LogP contribution in [0.15, 0.2) is 60.7 Å². The van der Waals surface area contributed by atoms with Gasteiger partial charge in [0.1, 0.15) is 0 Å².